The van der Waals surface area contributed by atoms with Gasteiger partial charge in [0.25, 0.3) is 0 Å². The van der Waals surface area contributed by atoms with E-state index >= 15 is 0 Å². The quantitative estimate of drug-likeness (QED) is 0.763. The third-order valence-corrected chi connectivity index (χ3v) is 3.00. The van der Waals surface area contributed by atoms with Crippen LogP contribution in [-0.4, -0.2) is 48.2 Å². The minimum Gasteiger partial charge on any atom is -0.493 e. The first kappa shape index (κ1) is 14.6. The van der Waals surface area contributed by atoms with E-state index < -0.39 is 0 Å². The Hall–Kier alpha value is -1.79. The van der Waals surface area contributed by atoms with Gasteiger partial charge in [0.2, 0.25) is 5.78 Å². The van der Waals surface area contributed by atoms with Gasteiger partial charge in [0.1, 0.15) is 0 Å². The molecule has 2 heterocycles. The van der Waals surface area contributed by atoms with E-state index in [4.69, 9.17) is 20.8 Å². The number of hydrogen-bond acceptors (Lipinski definition) is 5. The summed E-state index contributed by atoms with van der Waals surface area (Å²) in [5.74, 6) is 0.284. The summed E-state index contributed by atoms with van der Waals surface area (Å²) < 4.78 is 12.0. The zero-order chi connectivity index (χ0) is 14.7. The maximum Gasteiger partial charge on any atom is 0.250 e. The molecule has 0 spiro atoms. The van der Waals surface area contributed by atoms with Gasteiger partial charge in [0.15, 0.2) is 22.4 Å². The maximum absolute atomic E-state index is 12.5. The molecule has 0 bridgehead atoms. The van der Waals surface area contributed by atoms with Crippen LogP contribution in [0.1, 0.15) is 16.2 Å². The zero-order valence-corrected chi connectivity index (χ0v) is 12.3. The number of methoxy groups -OCH3 is 1. The van der Waals surface area contributed by atoms with E-state index in [0.717, 1.165) is 6.54 Å². The van der Waals surface area contributed by atoms with Crippen LogP contribution in [0.4, 0.5) is 0 Å². The SMILES string of the molecule is COc1cnn(CCN(C)C)c1C(=O)c1ccc(Cl)o1. The van der Waals surface area contributed by atoms with Gasteiger partial charge in [-0.2, -0.15) is 5.10 Å². The van der Waals surface area contributed by atoms with Crippen LogP contribution in [0.2, 0.25) is 5.22 Å². The molecule has 108 valence electrons. The van der Waals surface area contributed by atoms with Crippen molar-refractivity contribution in [1.82, 2.24) is 14.7 Å². The molecule has 0 aliphatic rings. The van der Waals surface area contributed by atoms with Crippen molar-refractivity contribution in [3.05, 3.63) is 35.0 Å². The maximum atomic E-state index is 12.5. The molecular formula is C13H16ClN3O3. The Morgan fingerprint density at radius 3 is 2.80 bits per heavy atom. The Morgan fingerprint density at radius 2 is 2.25 bits per heavy atom. The van der Waals surface area contributed by atoms with Crippen molar-refractivity contribution in [2.45, 2.75) is 6.54 Å². The second-order valence-electron chi connectivity index (χ2n) is 4.52. The second-order valence-corrected chi connectivity index (χ2v) is 4.89. The molecule has 0 amide bonds. The fraction of sp³-hybridized carbons (Fsp3) is 0.385. The van der Waals surface area contributed by atoms with E-state index in [1.54, 1.807) is 4.68 Å². The number of nitrogens with zero attached hydrogens (tertiary/aromatic N) is 3. The molecule has 0 unspecified atom stereocenters. The lowest BCUT2D eigenvalue weighted by Crippen LogP contribution is -2.21. The molecule has 0 aromatic carbocycles. The lowest BCUT2D eigenvalue weighted by atomic mass is 10.2. The first-order valence-electron chi connectivity index (χ1n) is 6.07. The monoisotopic (exact) mass is 297 g/mol. The molecule has 0 saturated carbocycles. The number of carbonyl (C=O) groups excluding carboxylic acids is 1. The molecule has 6 nitrogen and oxygen atoms in total. The van der Waals surface area contributed by atoms with Gasteiger partial charge in [0, 0.05) is 6.54 Å². The van der Waals surface area contributed by atoms with E-state index in [2.05, 4.69) is 5.10 Å². The van der Waals surface area contributed by atoms with Gasteiger partial charge in [-0.05, 0) is 37.8 Å². The van der Waals surface area contributed by atoms with Gasteiger partial charge >= 0.3 is 0 Å². The number of ether oxygens (including phenoxy) is 1. The third-order valence-electron chi connectivity index (χ3n) is 2.80. The Balaban J connectivity index is 2.33. The highest BCUT2D eigenvalue weighted by atomic mass is 35.5. The van der Waals surface area contributed by atoms with Crippen LogP contribution in [0, 0.1) is 0 Å². The summed E-state index contributed by atoms with van der Waals surface area (Å²) in [6.07, 6.45) is 1.52. The van der Waals surface area contributed by atoms with Gasteiger partial charge in [-0.15, -0.1) is 0 Å². The number of aromatic nitrogens is 2. The van der Waals surface area contributed by atoms with Crippen LogP contribution in [0.3, 0.4) is 0 Å². The third kappa shape index (κ3) is 3.02. The highest BCUT2D eigenvalue weighted by molar-refractivity contribution is 6.29. The minimum atomic E-state index is -0.301. The summed E-state index contributed by atoms with van der Waals surface area (Å²) in [5.41, 5.74) is 0.361. The predicted octanol–water partition coefficient (Wildman–Crippen LogP) is 1.93. The summed E-state index contributed by atoms with van der Waals surface area (Å²) >= 11 is 5.70. The standard InChI is InChI=1S/C13H16ClN3O3/c1-16(2)6-7-17-12(10(19-3)8-15-17)13(18)9-4-5-11(14)20-9/h4-5,8H,6-7H2,1-3H3. The largest absolute Gasteiger partial charge is 0.493 e. The smallest absolute Gasteiger partial charge is 0.250 e. The highest BCUT2D eigenvalue weighted by Crippen LogP contribution is 2.23. The van der Waals surface area contributed by atoms with Crippen LogP contribution >= 0.6 is 11.6 Å². The number of furan rings is 1. The average molecular weight is 298 g/mol. The van der Waals surface area contributed by atoms with Gasteiger partial charge < -0.3 is 14.1 Å². The fourth-order valence-corrected chi connectivity index (χ4v) is 1.91. The molecule has 0 N–H and O–H groups in total. The Bertz CT molecular complexity index is 604. The first-order valence-corrected chi connectivity index (χ1v) is 6.45. The number of likely N-dealkylation sites (N-methyl/N-ethyl adjacent to an activating group) is 1. The summed E-state index contributed by atoms with van der Waals surface area (Å²) in [7, 11) is 5.41. The number of ketones is 1. The highest BCUT2D eigenvalue weighted by Gasteiger charge is 2.23. The summed E-state index contributed by atoms with van der Waals surface area (Å²) in [4.78, 5) is 14.5. The Labute approximate surface area is 121 Å². The van der Waals surface area contributed by atoms with Crippen LogP contribution in [0.15, 0.2) is 22.7 Å². The van der Waals surface area contributed by atoms with Crippen molar-refractivity contribution < 1.29 is 13.9 Å². The van der Waals surface area contributed by atoms with E-state index in [1.807, 2.05) is 19.0 Å². The van der Waals surface area contributed by atoms with Crippen LogP contribution < -0.4 is 4.74 Å². The lowest BCUT2D eigenvalue weighted by molar-refractivity contribution is 0.0995. The van der Waals surface area contributed by atoms with E-state index in [9.17, 15) is 4.79 Å². The van der Waals surface area contributed by atoms with Crippen LogP contribution in [0.25, 0.3) is 0 Å². The fourth-order valence-electron chi connectivity index (χ4n) is 1.76. The van der Waals surface area contributed by atoms with Crippen molar-refractivity contribution in [2.75, 3.05) is 27.7 Å². The molecule has 0 aliphatic heterocycles. The summed E-state index contributed by atoms with van der Waals surface area (Å²) in [6, 6.07) is 3.06. The van der Waals surface area contributed by atoms with Crippen molar-refractivity contribution in [1.29, 1.82) is 0 Å². The summed E-state index contributed by atoms with van der Waals surface area (Å²) in [5, 5.41) is 4.35. The van der Waals surface area contributed by atoms with Gasteiger partial charge in [-0.1, -0.05) is 0 Å². The molecule has 7 heteroatoms. The van der Waals surface area contributed by atoms with Gasteiger partial charge in [-0.3, -0.25) is 9.48 Å². The van der Waals surface area contributed by atoms with Gasteiger partial charge in [-0.25, -0.2) is 0 Å². The minimum absolute atomic E-state index is 0.167. The molecule has 0 atom stereocenters. The van der Waals surface area contributed by atoms with Crippen molar-refractivity contribution in [2.24, 2.45) is 0 Å². The predicted molar refractivity (Wildman–Crippen MR) is 74.5 cm³/mol. The topological polar surface area (TPSA) is 60.5 Å². The number of halogens is 1. The van der Waals surface area contributed by atoms with E-state index in [1.165, 1.54) is 25.4 Å². The van der Waals surface area contributed by atoms with Crippen LogP contribution in [-0.2, 0) is 6.54 Å². The van der Waals surface area contributed by atoms with Crippen LogP contribution in [0.5, 0.6) is 5.75 Å². The van der Waals surface area contributed by atoms with E-state index in [-0.39, 0.29) is 16.8 Å². The molecular weight excluding hydrogens is 282 g/mol. The molecule has 0 fully saturated rings. The van der Waals surface area contributed by atoms with Crippen molar-refractivity contribution in [3.8, 4) is 5.75 Å². The first-order chi connectivity index (χ1) is 9.52. The molecule has 2 rings (SSSR count). The second kappa shape index (κ2) is 6.11. The molecule has 20 heavy (non-hydrogen) atoms. The van der Waals surface area contributed by atoms with Crippen molar-refractivity contribution in [3.63, 3.8) is 0 Å². The Kier molecular flexibility index (Phi) is 4.46. The molecule has 2 aromatic rings. The normalized spacial score (nSPS) is 11.1. The lowest BCUT2D eigenvalue weighted by Gasteiger charge is -2.11. The van der Waals surface area contributed by atoms with E-state index in [0.29, 0.717) is 18.0 Å². The molecule has 2 aromatic heterocycles. The zero-order valence-electron chi connectivity index (χ0n) is 11.6. The number of rotatable bonds is 6. The molecule has 0 aliphatic carbocycles. The number of carbonyl (C=O) groups is 1. The average Bonchev–Trinajstić information content (AvgIpc) is 3.01. The van der Waals surface area contributed by atoms with Crippen molar-refractivity contribution >= 4 is 17.4 Å². The Morgan fingerprint density at radius 1 is 1.50 bits per heavy atom. The van der Waals surface area contributed by atoms with Gasteiger partial charge in [0.05, 0.1) is 19.9 Å². The number of hydrogen-bond donors (Lipinski definition) is 0. The molecule has 0 saturated heterocycles. The summed E-state index contributed by atoms with van der Waals surface area (Å²) in [6.45, 7) is 1.33. The molecule has 0 radical (unpaired) electrons.